The van der Waals surface area contributed by atoms with Gasteiger partial charge in [0.15, 0.2) is 5.82 Å². The molecule has 0 aliphatic rings. The molecule has 0 radical (unpaired) electrons. The van der Waals surface area contributed by atoms with Crippen LogP contribution in [0.1, 0.15) is 6.92 Å². The van der Waals surface area contributed by atoms with E-state index in [1.54, 1.807) is 30.8 Å². The van der Waals surface area contributed by atoms with Crippen molar-refractivity contribution in [1.29, 1.82) is 0 Å². The molecule has 0 saturated heterocycles. The lowest BCUT2D eigenvalue weighted by molar-refractivity contribution is 0.190. The second-order valence-corrected chi connectivity index (χ2v) is 7.19. The number of fused-ring (bicyclic) bond motifs is 1. The number of hydrogen-bond acceptors (Lipinski definition) is 6. The summed E-state index contributed by atoms with van der Waals surface area (Å²) in [6, 6.07) is 14.3. The SMILES string of the molecule is COCC(C)Nc1nc(-c2cccnc2)nc2scc(-c3ccccc3)c12. The summed E-state index contributed by atoms with van der Waals surface area (Å²) in [5.74, 6) is 1.49. The standard InChI is InChI=1S/C21H20N4OS/c1-14(12-26-2)23-20-18-17(15-7-4-3-5-8-15)13-27-21(18)25-19(24-20)16-9-6-10-22-11-16/h3-11,13-14H,12H2,1-2H3,(H,23,24,25). The van der Waals surface area contributed by atoms with E-state index in [0.29, 0.717) is 12.4 Å². The lowest BCUT2D eigenvalue weighted by Gasteiger charge is -2.16. The van der Waals surface area contributed by atoms with Gasteiger partial charge in [-0.2, -0.15) is 0 Å². The van der Waals surface area contributed by atoms with E-state index in [-0.39, 0.29) is 6.04 Å². The average molecular weight is 376 g/mol. The first-order chi connectivity index (χ1) is 13.3. The van der Waals surface area contributed by atoms with Crippen LogP contribution in [0.3, 0.4) is 0 Å². The molecule has 3 heterocycles. The molecule has 4 rings (SSSR count). The molecule has 0 amide bonds. The number of aromatic nitrogens is 3. The van der Waals surface area contributed by atoms with Crippen LogP contribution in [0.15, 0.2) is 60.2 Å². The van der Waals surface area contributed by atoms with E-state index in [2.05, 4.69) is 34.7 Å². The predicted octanol–water partition coefficient (Wildman–Crippen LogP) is 4.87. The van der Waals surface area contributed by atoms with Gasteiger partial charge in [-0.25, -0.2) is 9.97 Å². The molecule has 0 saturated carbocycles. The third-order valence-electron chi connectivity index (χ3n) is 4.24. The molecule has 0 aliphatic heterocycles. The molecule has 5 nitrogen and oxygen atoms in total. The van der Waals surface area contributed by atoms with Gasteiger partial charge >= 0.3 is 0 Å². The summed E-state index contributed by atoms with van der Waals surface area (Å²) in [7, 11) is 1.70. The fourth-order valence-electron chi connectivity index (χ4n) is 3.03. The van der Waals surface area contributed by atoms with Crippen LogP contribution in [0.2, 0.25) is 0 Å². The summed E-state index contributed by atoms with van der Waals surface area (Å²) < 4.78 is 5.29. The summed E-state index contributed by atoms with van der Waals surface area (Å²) in [4.78, 5) is 14.8. The Hall–Kier alpha value is -2.83. The molecule has 1 N–H and O–H groups in total. The Morgan fingerprint density at radius 3 is 2.63 bits per heavy atom. The van der Waals surface area contributed by atoms with Gasteiger partial charge in [0, 0.05) is 42.1 Å². The molecule has 0 spiro atoms. The maximum atomic E-state index is 5.29. The van der Waals surface area contributed by atoms with Crippen molar-refractivity contribution < 1.29 is 4.74 Å². The zero-order valence-electron chi connectivity index (χ0n) is 15.2. The number of ether oxygens (including phenoxy) is 1. The zero-order valence-corrected chi connectivity index (χ0v) is 16.0. The van der Waals surface area contributed by atoms with Crippen molar-refractivity contribution >= 4 is 27.4 Å². The number of pyridine rings is 1. The first-order valence-electron chi connectivity index (χ1n) is 8.77. The van der Waals surface area contributed by atoms with Gasteiger partial charge in [0.05, 0.1) is 12.0 Å². The molecular formula is C21H20N4OS. The van der Waals surface area contributed by atoms with E-state index in [0.717, 1.165) is 32.7 Å². The predicted molar refractivity (Wildman–Crippen MR) is 111 cm³/mol. The second kappa shape index (κ2) is 7.82. The van der Waals surface area contributed by atoms with Crippen molar-refractivity contribution in [3.05, 3.63) is 60.2 Å². The van der Waals surface area contributed by atoms with E-state index in [4.69, 9.17) is 14.7 Å². The molecule has 3 aromatic heterocycles. The van der Waals surface area contributed by atoms with E-state index < -0.39 is 0 Å². The highest BCUT2D eigenvalue weighted by Crippen LogP contribution is 2.38. The topological polar surface area (TPSA) is 59.9 Å². The molecule has 1 atom stereocenters. The Labute approximate surface area is 162 Å². The monoisotopic (exact) mass is 376 g/mol. The molecule has 0 fully saturated rings. The lowest BCUT2D eigenvalue weighted by atomic mass is 10.1. The van der Waals surface area contributed by atoms with Gasteiger partial charge in [0.2, 0.25) is 0 Å². The first-order valence-corrected chi connectivity index (χ1v) is 9.64. The number of rotatable bonds is 6. The summed E-state index contributed by atoms with van der Waals surface area (Å²) in [6.07, 6.45) is 3.54. The van der Waals surface area contributed by atoms with Crippen LogP contribution in [-0.4, -0.2) is 34.7 Å². The highest BCUT2D eigenvalue weighted by Gasteiger charge is 2.17. The summed E-state index contributed by atoms with van der Waals surface area (Å²) >= 11 is 1.63. The van der Waals surface area contributed by atoms with Gasteiger partial charge in [-0.3, -0.25) is 4.98 Å². The van der Waals surface area contributed by atoms with Crippen LogP contribution in [0.5, 0.6) is 0 Å². The van der Waals surface area contributed by atoms with E-state index in [1.807, 2.05) is 30.3 Å². The highest BCUT2D eigenvalue weighted by atomic mass is 32.1. The number of anilines is 1. The Morgan fingerprint density at radius 2 is 1.89 bits per heavy atom. The minimum atomic E-state index is 0.123. The van der Waals surface area contributed by atoms with Gasteiger partial charge in [-0.15, -0.1) is 11.3 Å². The Morgan fingerprint density at radius 1 is 1.07 bits per heavy atom. The smallest absolute Gasteiger partial charge is 0.164 e. The van der Waals surface area contributed by atoms with Crippen molar-refractivity contribution in [2.45, 2.75) is 13.0 Å². The molecule has 1 aromatic carbocycles. The van der Waals surface area contributed by atoms with Gasteiger partial charge in [0.25, 0.3) is 0 Å². The molecule has 0 aliphatic carbocycles. The van der Waals surface area contributed by atoms with Crippen LogP contribution in [0, 0.1) is 0 Å². The number of hydrogen-bond donors (Lipinski definition) is 1. The van der Waals surface area contributed by atoms with Crippen LogP contribution in [0.25, 0.3) is 32.7 Å². The van der Waals surface area contributed by atoms with Crippen molar-refractivity contribution in [1.82, 2.24) is 15.0 Å². The molecule has 136 valence electrons. The minimum absolute atomic E-state index is 0.123. The average Bonchev–Trinajstić information content (AvgIpc) is 3.14. The van der Waals surface area contributed by atoms with Gasteiger partial charge < -0.3 is 10.1 Å². The number of nitrogens with one attached hydrogen (secondary N) is 1. The van der Waals surface area contributed by atoms with Gasteiger partial charge in [0.1, 0.15) is 10.6 Å². The minimum Gasteiger partial charge on any atom is -0.383 e. The van der Waals surface area contributed by atoms with Crippen LogP contribution in [-0.2, 0) is 4.74 Å². The normalized spacial score (nSPS) is 12.2. The third-order valence-corrected chi connectivity index (χ3v) is 5.11. The number of thiophene rings is 1. The van der Waals surface area contributed by atoms with Gasteiger partial charge in [-0.1, -0.05) is 30.3 Å². The first kappa shape index (κ1) is 17.6. The van der Waals surface area contributed by atoms with E-state index >= 15 is 0 Å². The van der Waals surface area contributed by atoms with Gasteiger partial charge in [-0.05, 0) is 24.6 Å². The Bertz CT molecular complexity index is 1030. The molecular weight excluding hydrogens is 356 g/mol. The molecule has 4 aromatic rings. The Balaban J connectivity index is 1.88. The zero-order chi connectivity index (χ0) is 18.6. The maximum absolute atomic E-state index is 5.29. The van der Waals surface area contributed by atoms with Crippen molar-refractivity contribution in [3.8, 4) is 22.5 Å². The largest absolute Gasteiger partial charge is 0.383 e. The molecule has 27 heavy (non-hydrogen) atoms. The van der Waals surface area contributed by atoms with Crippen LogP contribution < -0.4 is 5.32 Å². The second-order valence-electron chi connectivity index (χ2n) is 6.33. The summed E-state index contributed by atoms with van der Waals surface area (Å²) in [5.41, 5.74) is 3.20. The fourth-order valence-corrected chi connectivity index (χ4v) is 3.97. The number of nitrogens with zero attached hydrogens (tertiary/aromatic N) is 3. The Kier molecular flexibility index (Phi) is 5.09. The molecule has 0 bridgehead atoms. The van der Waals surface area contributed by atoms with Crippen molar-refractivity contribution in [3.63, 3.8) is 0 Å². The van der Waals surface area contributed by atoms with Crippen LogP contribution >= 0.6 is 11.3 Å². The van der Waals surface area contributed by atoms with E-state index in [1.165, 1.54) is 0 Å². The molecule has 1 unspecified atom stereocenters. The fraction of sp³-hybridized carbons (Fsp3) is 0.190. The third kappa shape index (κ3) is 3.67. The van der Waals surface area contributed by atoms with Crippen LogP contribution in [0.4, 0.5) is 5.82 Å². The number of benzene rings is 1. The summed E-state index contributed by atoms with van der Waals surface area (Å²) in [5, 5.41) is 6.69. The quantitative estimate of drug-likeness (QED) is 0.520. The highest BCUT2D eigenvalue weighted by molar-refractivity contribution is 7.17. The van der Waals surface area contributed by atoms with Crippen molar-refractivity contribution in [2.75, 3.05) is 19.0 Å². The lowest BCUT2D eigenvalue weighted by Crippen LogP contribution is -2.21. The maximum Gasteiger partial charge on any atom is 0.164 e. The number of methoxy groups -OCH3 is 1. The van der Waals surface area contributed by atoms with E-state index in [9.17, 15) is 0 Å². The molecule has 6 heteroatoms. The summed E-state index contributed by atoms with van der Waals surface area (Å²) in [6.45, 7) is 2.67. The van der Waals surface area contributed by atoms with Crippen molar-refractivity contribution in [2.24, 2.45) is 0 Å².